The number of unbranched alkanes of at least 4 members (excludes halogenated alkanes) is 1. The Balaban J connectivity index is 4.18. The van der Waals surface area contributed by atoms with Gasteiger partial charge in [0.2, 0.25) is 0 Å². The second-order valence-electron chi connectivity index (χ2n) is 12.3. The van der Waals surface area contributed by atoms with Gasteiger partial charge in [0.25, 0.3) is 0 Å². The van der Waals surface area contributed by atoms with Gasteiger partial charge in [0.05, 0.1) is 0 Å². The van der Waals surface area contributed by atoms with E-state index in [9.17, 15) is 0 Å². The highest BCUT2D eigenvalue weighted by atomic mass is 15.1. The molecule has 2 nitrogen and oxygen atoms in total. The van der Waals surface area contributed by atoms with Gasteiger partial charge in [-0.25, -0.2) is 0 Å². The van der Waals surface area contributed by atoms with Crippen LogP contribution in [0.2, 0.25) is 0 Å². The van der Waals surface area contributed by atoms with Gasteiger partial charge in [-0.3, -0.25) is 0 Å². The predicted molar refractivity (Wildman–Crippen MR) is 129 cm³/mol. The molecule has 0 aromatic rings. The maximum Gasteiger partial charge on any atom is -0.00138 e. The maximum absolute atomic E-state index is 2.70. The van der Waals surface area contributed by atoms with Crippen molar-refractivity contribution in [3.8, 4) is 0 Å². The van der Waals surface area contributed by atoms with Crippen molar-refractivity contribution >= 4 is 0 Å². The summed E-state index contributed by atoms with van der Waals surface area (Å²) in [6, 6.07) is 0. The molecule has 0 saturated carbocycles. The largest absolute Gasteiger partial charge is 0.304 e. The Morgan fingerprint density at radius 3 is 1.46 bits per heavy atom. The fourth-order valence-corrected chi connectivity index (χ4v) is 3.59. The summed E-state index contributed by atoms with van der Waals surface area (Å²) in [6.07, 6.45) is 9.29. The van der Waals surface area contributed by atoms with Crippen LogP contribution >= 0.6 is 0 Å². The van der Waals surface area contributed by atoms with Crippen LogP contribution in [-0.4, -0.2) is 49.1 Å². The van der Waals surface area contributed by atoms with Crippen LogP contribution in [0.5, 0.6) is 0 Å². The highest BCUT2D eigenvalue weighted by Gasteiger charge is 2.20. The van der Waals surface area contributed by atoms with Crippen LogP contribution in [0.4, 0.5) is 0 Å². The smallest absolute Gasteiger partial charge is 0.00138 e. The van der Waals surface area contributed by atoms with Crippen molar-refractivity contribution < 1.29 is 0 Å². The van der Waals surface area contributed by atoms with Gasteiger partial charge >= 0.3 is 0 Å². The Hall–Kier alpha value is -0.0800. The molecule has 0 aromatic heterocycles. The second kappa shape index (κ2) is 13.3. The Morgan fingerprint density at radius 2 is 1.00 bits per heavy atom. The zero-order valence-electron chi connectivity index (χ0n) is 21.6. The minimum Gasteiger partial charge on any atom is -0.304 e. The molecule has 0 saturated heterocycles. The average molecular weight is 397 g/mol. The molecule has 0 atom stereocenters. The van der Waals surface area contributed by atoms with Crippen molar-refractivity contribution in [1.82, 2.24) is 9.80 Å². The van der Waals surface area contributed by atoms with E-state index in [1.54, 1.807) is 0 Å². The number of rotatable bonds is 15. The maximum atomic E-state index is 2.70. The molecule has 0 fully saturated rings. The zero-order chi connectivity index (χ0) is 21.8. The van der Waals surface area contributed by atoms with Crippen molar-refractivity contribution in [2.24, 2.45) is 16.2 Å². The molecule has 0 aromatic carbocycles. The van der Waals surface area contributed by atoms with Crippen LogP contribution in [0.1, 0.15) is 114 Å². The molecule has 0 aliphatic carbocycles. The topological polar surface area (TPSA) is 6.48 Å². The molecule has 0 rings (SSSR count). The first-order valence-electron chi connectivity index (χ1n) is 12.2. The van der Waals surface area contributed by atoms with E-state index in [2.05, 4.69) is 79.0 Å². The molecular weight excluding hydrogens is 340 g/mol. The van der Waals surface area contributed by atoms with Gasteiger partial charge in [0.1, 0.15) is 0 Å². The van der Waals surface area contributed by atoms with E-state index in [1.807, 2.05) is 0 Å². The summed E-state index contributed by atoms with van der Waals surface area (Å²) in [5, 5.41) is 0. The third-order valence-electron chi connectivity index (χ3n) is 6.03. The van der Waals surface area contributed by atoms with Crippen LogP contribution in [-0.2, 0) is 0 Å². The van der Waals surface area contributed by atoms with Crippen LogP contribution in [0, 0.1) is 16.2 Å². The monoisotopic (exact) mass is 396 g/mol. The van der Waals surface area contributed by atoms with E-state index in [0.29, 0.717) is 16.2 Å². The first-order valence-corrected chi connectivity index (χ1v) is 12.2. The summed E-state index contributed by atoms with van der Waals surface area (Å²) < 4.78 is 0. The fourth-order valence-electron chi connectivity index (χ4n) is 3.59. The Labute approximate surface area is 179 Å². The SMILES string of the molecule is CCCN(CCCCC(C)(C)CCN(CC)CCC(C)(C)C)CCC(C)(C)C. The molecule has 0 amide bonds. The average Bonchev–Trinajstić information content (AvgIpc) is 2.54. The van der Waals surface area contributed by atoms with Gasteiger partial charge in [-0.1, -0.05) is 75.7 Å². The number of hydrogen-bond donors (Lipinski definition) is 0. The van der Waals surface area contributed by atoms with Gasteiger partial charge in [0.15, 0.2) is 0 Å². The lowest BCUT2D eigenvalue weighted by Crippen LogP contribution is -2.31. The minimum atomic E-state index is 0.445. The van der Waals surface area contributed by atoms with E-state index in [1.165, 1.54) is 84.2 Å². The highest BCUT2D eigenvalue weighted by Crippen LogP contribution is 2.28. The quantitative estimate of drug-likeness (QED) is 0.265. The van der Waals surface area contributed by atoms with E-state index in [0.717, 1.165) is 0 Å². The molecule has 0 aliphatic rings. The molecular formula is C26H56N2. The zero-order valence-corrected chi connectivity index (χ0v) is 21.6. The third kappa shape index (κ3) is 16.8. The molecule has 0 spiro atoms. The molecule has 0 bridgehead atoms. The standard InChI is InChI=1S/C26H56N2/c1-11-19-28(22-17-25(6,7)8)20-14-13-15-26(9,10)18-23-27(12-2)21-16-24(3,4)5/h11-23H2,1-10H3. The van der Waals surface area contributed by atoms with E-state index in [4.69, 9.17) is 0 Å². The molecule has 0 radical (unpaired) electrons. The van der Waals surface area contributed by atoms with Crippen molar-refractivity contribution in [2.45, 2.75) is 114 Å². The van der Waals surface area contributed by atoms with E-state index >= 15 is 0 Å². The Kier molecular flexibility index (Phi) is 13.2. The molecule has 28 heavy (non-hydrogen) atoms. The Bertz CT molecular complexity index is 373. The van der Waals surface area contributed by atoms with Crippen LogP contribution < -0.4 is 0 Å². The molecule has 0 N–H and O–H groups in total. The third-order valence-corrected chi connectivity index (χ3v) is 6.03. The lowest BCUT2D eigenvalue weighted by Gasteiger charge is -2.31. The molecule has 0 heterocycles. The first kappa shape index (κ1) is 27.9. The van der Waals surface area contributed by atoms with Crippen molar-refractivity contribution in [3.05, 3.63) is 0 Å². The normalized spacial score (nSPS) is 13.7. The molecule has 0 unspecified atom stereocenters. The van der Waals surface area contributed by atoms with E-state index < -0.39 is 0 Å². The summed E-state index contributed by atoms with van der Waals surface area (Å²) >= 11 is 0. The van der Waals surface area contributed by atoms with Gasteiger partial charge in [0, 0.05) is 0 Å². The highest BCUT2D eigenvalue weighted by molar-refractivity contribution is 4.73. The summed E-state index contributed by atoms with van der Waals surface area (Å²) in [5.74, 6) is 0. The second-order valence-corrected chi connectivity index (χ2v) is 12.3. The molecule has 2 heteroatoms. The van der Waals surface area contributed by atoms with Gasteiger partial charge < -0.3 is 9.80 Å². The lowest BCUT2D eigenvalue weighted by molar-refractivity contribution is 0.186. The summed E-state index contributed by atoms with van der Waals surface area (Å²) in [4.78, 5) is 5.35. The molecule has 170 valence electrons. The van der Waals surface area contributed by atoms with Gasteiger partial charge in [-0.15, -0.1) is 0 Å². The van der Waals surface area contributed by atoms with Crippen molar-refractivity contribution in [2.75, 3.05) is 39.3 Å². The van der Waals surface area contributed by atoms with Crippen molar-refractivity contribution in [3.63, 3.8) is 0 Å². The summed E-state index contributed by atoms with van der Waals surface area (Å²) in [5.41, 5.74) is 1.36. The number of nitrogens with zero attached hydrogens (tertiary/aromatic N) is 2. The van der Waals surface area contributed by atoms with Crippen molar-refractivity contribution in [1.29, 1.82) is 0 Å². The minimum absolute atomic E-state index is 0.445. The fraction of sp³-hybridized carbons (Fsp3) is 1.00. The Morgan fingerprint density at radius 1 is 0.500 bits per heavy atom. The van der Waals surface area contributed by atoms with Gasteiger partial charge in [-0.2, -0.15) is 0 Å². The van der Waals surface area contributed by atoms with E-state index in [-0.39, 0.29) is 0 Å². The first-order chi connectivity index (χ1) is 12.8. The predicted octanol–water partition coefficient (Wildman–Crippen LogP) is 7.48. The van der Waals surface area contributed by atoms with Crippen LogP contribution in [0.3, 0.4) is 0 Å². The van der Waals surface area contributed by atoms with Gasteiger partial charge in [-0.05, 0) is 94.0 Å². The van der Waals surface area contributed by atoms with Crippen LogP contribution in [0.15, 0.2) is 0 Å². The number of hydrogen-bond acceptors (Lipinski definition) is 2. The van der Waals surface area contributed by atoms with Crippen LogP contribution in [0.25, 0.3) is 0 Å². The molecule has 0 aliphatic heterocycles. The summed E-state index contributed by atoms with van der Waals surface area (Å²) in [7, 11) is 0. The summed E-state index contributed by atoms with van der Waals surface area (Å²) in [6.45, 7) is 31.2. The lowest BCUT2D eigenvalue weighted by atomic mass is 9.83.